The van der Waals surface area contributed by atoms with Gasteiger partial charge in [0, 0.05) is 38.4 Å². The quantitative estimate of drug-likeness (QED) is 0.881. The van der Waals surface area contributed by atoms with Gasteiger partial charge in [0.2, 0.25) is 5.91 Å². The number of pyridine rings is 1. The number of piperazine rings is 1. The highest BCUT2D eigenvalue weighted by molar-refractivity contribution is 5.85. The number of carbonyl (C=O) groups is 1. The smallest absolute Gasteiger partial charge is 0.228 e. The molecule has 1 amide bonds. The van der Waals surface area contributed by atoms with Crippen LogP contribution in [-0.4, -0.2) is 46.9 Å². The van der Waals surface area contributed by atoms with Crippen molar-refractivity contribution >= 4 is 36.4 Å². The maximum absolute atomic E-state index is 12.4. The molecule has 3 rings (SSSR count). The highest BCUT2D eigenvalue weighted by Gasteiger charge is 2.21. The number of benzene rings is 1. The van der Waals surface area contributed by atoms with Crippen LogP contribution in [-0.2, 0) is 17.8 Å². The minimum atomic E-state index is 0. The molecule has 2 heterocycles. The number of anilines is 1. The van der Waals surface area contributed by atoms with Gasteiger partial charge < -0.3 is 10.6 Å². The van der Waals surface area contributed by atoms with Gasteiger partial charge in [-0.1, -0.05) is 30.3 Å². The number of hydrogen-bond acceptors (Lipinski definition) is 4. The Balaban J connectivity index is 0.00000156. The first-order chi connectivity index (χ1) is 11.2. The van der Waals surface area contributed by atoms with Crippen LogP contribution in [0.15, 0.2) is 48.7 Å². The highest BCUT2D eigenvalue weighted by atomic mass is 35.5. The van der Waals surface area contributed by atoms with E-state index >= 15 is 0 Å². The van der Waals surface area contributed by atoms with E-state index in [0.717, 1.165) is 38.4 Å². The van der Waals surface area contributed by atoms with E-state index in [1.54, 1.807) is 12.3 Å². The SMILES string of the molecule is Cl.Cl.Nc1ccc(CC(=O)N2CCN(Cc3ccccc3)CC2)nc1. The van der Waals surface area contributed by atoms with Crippen LogP contribution >= 0.6 is 24.8 Å². The summed E-state index contributed by atoms with van der Waals surface area (Å²) in [5.74, 6) is 0.140. The molecule has 2 aromatic rings. The Bertz CT molecular complexity index is 644. The Morgan fingerprint density at radius 2 is 1.68 bits per heavy atom. The summed E-state index contributed by atoms with van der Waals surface area (Å²) in [6.07, 6.45) is 1.94. The summed E-state index contributed by atoms with van der Waals surface area (Å²) in [5.41, 5.74) is 8.33. The maximum atomic E-state index is 12.4. The van der Waals surface area contributed by atoms with Crippen LogP contribution in [0.4, 0.5) is 5.69 Å². The second-order valence-corrected chi connectivity index (χ2v) is 5.90. The van der Waals surface area contributed by atoms with Crippen LogP contribution in [0.3, 0.4) is 0 Å². The van der Waals surface area contributed by atoms with Gasteiger partial charge in [0.15, 0.2) is 0 Å². The summed E-state index contributed by atoms with van der Waals surface area (Å²) in [6, 6.07) is 14.1. The molecular formula is C18H24Cl2N4O. The van der Waals surface area contributed by atoms with Crippen molar-refractivity contribution in [3.8, 4) is 0 Å². The van der Waals surface area contributed by atoms with Crippen molar-refractivity contribution in [3.05, 3.63) is 59.9 Å². The number of nitrogens with zero attached hydrogens (tertiary/aromatic N) is 3. The second kappa shape index (κ2) is 10.2. The van der Waals surface area contributed by atoms with Crippen molar-refractivity contribution in [1.29, 1.82) is 0 Å². The van der Waals surface area contributed by atoms with Crippen molar-refractivity contribution in [3.63, 3.8) is 0 Å². The van der Waals surface area contributed by atoms with Gasteiger partial charge in [-0.2, -0.15) is 0 Å². The fourth-order valence-corrected chi connectivity index (χ4v) is 2.80. The summed E-state index contributed by atoms with van der Waals surface area (Å²) < 4.78 is 0. The Morgan fingerprint density at radius 3 is 2.28 bits per heavy atom. The van der Waals surface area contributed by atoms with Gasteiger partial charge >= 0.3 is 0 Å². The average Bonchev–Trinajstić information content (AvgIpc) is 2.58. The number of nitrogens with two attached hydrogens (primary N) is 1. The van der Waals surface area contributed by atoms with Gasteiger partial charge in [-0.15, -0.1) is 24.8 Å². The lowest BCUT2D eigenvalue weighted by Crippen LogP contribution is -2.48. The third kappa shape index (κ3) is 6.20. The van der Waals surface area contributed by atoms with Gasteiger partial charge in [0.05, 0.1) is 18.3 Å². The van der Waals surface area contributed by atoms with Crippen molar-refractivity contribution in [2.24, 2.45) is 0 Å². The van der Waals surface area contributed by atoms with E-state index in [2.05, 4.69) is 34.1 Å². The van der Waals surface area contributed by atoms with E-state index in [1.807, 2.05) is 17.0 Å². The van der Waals surface area contributed by atoms with Gasteiger partial charge in [0.1, 0.15) is 0 Å². The highest BCUT2D eigenvalue weighted by Crippen LogP contribution is 2.10. The Morgan fingerprint density at radius 1 is 1.00 bits per heavy atom. The number of carbonyl (C=O) groups excluding carboxylic acids is 1. The average molecular weight is 383 g/mol. The second-order valence-electron chi connectivity index (χ2n) is 5.90. The molecule has 1 aliphatic rings. The van der Waals surface area contributed by atoms with Gasteiger partial charge in [-0.05, 0) is 17.7 Å². The van der Waals surface area contributed by atoms with Gasteiger partial charge in [0.25, 0.3) is 0 Å². The molecule has 25 heavy (non-hydrogen) atoms. The zero-order valence-corrected chi connectivity index (χ0v) is 15.6. The largest absolute Gasteiger partial charge is 0.397 e. The number of rotatable bonds is 4. The number of amides is 1. The fourth-order valence-electron chi connectivity index (χ4n) is 2.80. The minimum Gasteiger partial charge on any atom is -0.397 e. The number of hydrogen-bond donors (Lipinski definition) is 1. The maximum Gasteiger partial charge on any atom is 0.228 e. The summed E-state index contributed by atoms with van der Waals surface area (Å²) in [5, 5.41) is 0. The van der Waals surface area contributed by atoms with E-state index in [9.17, 15) is 4.79 Å². The molecule has 1 aromatic carbocycles. The van der Waals surface area contributed by atoms with Gasteiger partial charge in [-0.25, -0.2) is 0 Å². The predicted molar refractivity (Wildman–Crippen MR) is 105 cm³/mol. The molecule has 5 nitrogen and oxygen atoms in total. The van der Waals surface area contributed by atoms with E-state index in [1.165, 1.54) is 5.56 Å². The third-order valence-corrected chi connectivity index (χ3v) is 4.15. The standard InChI is InChI=1S/C18H22N4O.2ClH/c19-16-6-7-17(20-13-16)12-18(23)22-10-8-21(9-11-22)14-15-4-2-1-3-5-15;;/h1-7,13H,8-12,14,19H2;2*1H. The van der Waals surface area contributed by atoms with E-state index in [4.69, 9.17) is 5.73 Å². The van der Waals surface area contributed by atoms with Crippen LogP contribution in [0.2, 0.25) is 0 Å². The van der Waals surface area contributed by atoms with Gasteiger partial charge in [-0.3, -0.25) is 14.7 Å². The van der Waals surface area contributed by atoms with Crippen LogP contribution in [0.25, 0.3) is 0 Å². The van der Waals surface area contributed by atoms with E-state index in [0.29, 0.717) is 12.1 Å². The van der Waals surface area contributed by atoms with E-state index < -0.39 is 0 Å². The van der Waals surface area contributed by atoms with Crippen LogP contribution in [0.1, 0.15) is 11.3 Å². The lowest BCUT2D eigenvalue weighted by Gasteiger charge is -2.34. The molecule has 1 aromatic heterocycles. The lowest BCUT2D eigenvalue weighted by atomic mass is 10.2. The molecule has 2 N–H and O–H groups in total. The molecule has 1 saturated heterocycles. The van der Waals surface area contributed by atoms with Crippen LogP contribution in [0.5, 0.6) is 0 Å². The third-order valence-electron chi connectivity index (χ3n) is 4.15. The molecule has 0 unspecified atom stereocenters. The number of nitrogen functional groups attached to an aromatic ring is 1. The molecule has 0 atom stereocenters. The zero-order valence-electron chi connectivity index (χ0n) is 14.0. The molecular weight excluding hydrogens is 359 g/mol. The summed E-state index contributed by atoms with van der Waals surface area (Å²) in [7, 11) is 0. The Hall–Kier alpha value is -1.82. The molecule has 0 saturated carbocycles. The molecule has 136 valence electrons. The first-order valence-electron chi connectivity index (χ1n) is 7.95. The topological polar surface area (TPSA) is 62.5 Å². The fraction of sp³-hybridized carbons (Fsp3) is 0.333. The minimum absolute atomic E-state index is 0. The molecule has 0 aliphatic carbocycles. The van der Waals surface area contributed by atoms with Crippen LogP contribution < -0.4 is 5.73 Å². The first-order valence-corrected chi connectivity index (χ1v) is 7.95. The van der Waals surface area contributed by atoms with Crippen LogP contribution in [0, 0.1) is 0 Å². The molecule has 0 bridgehead atoms. The van der Waals surface area contributed by atoms with Crippen molar-refractivity contribution in [1.82, 2.24) is 14.8 Å². The normalized spacial score (nSPS) is 14.3. The first kappa shape index (κ1) is 21.2. The molecule has 1 aliphatic heterocycles. The summed E-state index contributed by atoms with van der Waals surface area (Å²) >= 11 is 0. The molecule has 1 fully saturated rings. The zero-order chi connectivity index (χ0) is 16.1. The molecule has 0 spiro atoms. The van der Waals surface area contributed by atoms with Crippen molar-refractivity contribution in [2.75, 3.05) is 31.9 Å². The number of halogens is 2. The van der Waals surface area contributed by atoms with E-state index in [-0.39, 0.29) is 30.7 Å². The number of aromatic nitrogens is 1. The predicted octanol–water partition coefficient (Wildman–Crippen LogP) is 2.39. The molecule has 7 heteroatoms. The van der Waals surface area contributed by atoms with Crippen molar-refractivity contribution < 1.29 is 4.79 Å². The van der Waals surface area contributed by atoms with Crippen molar-refractivity contribution in [2.45, 2.75) is 13.0 Å². The summed E-state index contributed by atoms with van der Waals surface area (Å²) in [6.45, 7) is 4.33. The lowest BCUT2D eigenvalue weighted by molar-refractivity contribution is -0.132. The summed E-state index contributed by atoms with van der Waals surface area (Å²) in [4.78, 5) is 20.9. The Labute approximate surface area is 161 Å². The Kier molecular flexibility index (Phi) is 8.69. The monoisotopic (exact) mass is 382 g/mol. The molecule has 0 radical (unpaired) electrons.